The van der Waals surface area contributed by atoms with Crippen molar-refractivity contribution in [3.8, 4) is 5.88 Å². The van der Waals surface area contributed by atoms with E-state index in [1.54, 1.807) is 19.5 Å². The minimum absolute atomic E-state index is 0.507. The first-order chi connectivity index (χ1) is 9.74. The standard InChI is InChI=1S/C15H20N4O/c1-12-4-6-13(7-5-12)19(9-3-8-16)14-10-17-11-15(18-14)20-2/h4-7,10-11H,3,8-9,16H2,1-2H3. The van der Waals surface area contributed by atoms with Gasteiger partial charge in [0.1, 0.15) is 0 Å². The van der Waals surface area contributed by atoms with Crippen molar-refractivity contribution in [3.05, 3.63) is 42.2 Å². The third-order valence-electron chi connectivity index (χ3n) is 3.02. The highest BCUT2D eigenvalue weighted by Gasteiger charge is 2.11. The van der Waals surface area contributed by atoms with E-state index in [4.69, 9.17) is 10.5 Å². The summed E-state index contributed by atoms with van der Waals surface area (Å²) in [6, 6.07) is 8.32. The molecular formula is C15H20N4O. The van der Waals surface area contributed by atoms with Gasteiger partial charge in [-0.3, -0.25) is 4.98 Å². The second kappa shape index (κ2) is 6.86. The summed E-state index contributed by atoms with van der Waals surface area (Å²) >= 11 is 0. The average Bonchev–Trinajstić information content (AvgIpc) is 2.49. The molecular weight excluding hydrogens is 252 g/mol. The summed E-state index contributed by atoms with van der Waals surface area (Å²) in [6.07, 6.45) is 4.21. The van der Waals surface area contributed by atoms with Gasteiger partial charge >= 0.3 is 0 Å². The van der Waals surface area contributed by atoms with Crippen molar-refractivity contribution in [1.82, 2.24) is 9.97 Å². The van der Waals surface area contributed by atoms with Crippen LogP contribution >= 0.6 is 0 Å². The molecule has 1 aromatic heterocycles. The van der Waals surface area contributed by atoms with Gasteiger partial charge in [0.2, 0.25) is 5.88 Å². The molecule has 0 saturated heterocycles. The van der Waals surface area contributed by atoms with Crippen molar-refractivity contribution in [3.63, 3.8) is 0 Å². The quantitative estimate of drug-likeness (QED) is 0.874. The van der Waals surface area contributed by atoms with Crippen LogP contribution in [0.2, 0.25) is 0 Å². The molecule has 2 N–H and O–H groups in total. The van der Waals surface area contributed by atoms with Gasteiger partial charge in [-0.25, -0.2) is 0 Å². The summed E-state index contributed by atoms with van der Waals surface area (Å²) < 4.78 is 5.14. The minimum Gasteiger partial charge on any atom is -0.480 e. The van der Waals surface area contributed by atoms with Crippen LogP contribution in [0.25, 0.3) is 0 Å². The van der Waals surface area contributed by atoms with Crippen LogP contribution in [0, 0.1) is 6.92 Å². The second-order valence-electron chi connectivity index (χ2n) is 4.55. The molecule has 5 heteroatoms. The number of rotatable bonds is 6. The smallest absolute Gasteiger partial charge is 0.234 e. The third kappa shape index (κ3) is 3.45. The number of ether oxygens (including phenoxy) is 1. The summed E-state index contributed by atoms with van der Waals surface area (Å²) in [7, 11) is 1.59. The maximum atomic E-state index is 5.63. The van der Waals surface area contributed by atoms with Crippen LogP contribution in [0.5, 0.6) is 5.88 Å². The summed E-state index contributed by atoms with van der Waals surface area (Å²) in [5.41, 5.74) is 7.93. The third-order valence-corrected chi connectivity index (χ3v) is 3.02. The van der Waals surface area contributed by atoms with Crippen molar-refractivity contribution in [2.45, 2.75) is 13.3 Å². The van der Waals surface area contributed by atoms with Crippen molar-refractivity contribution in [1.29, 1.82) is 0 Å². The van der Waals surface area contributed by atoms with Crippen LogP contribution in [-0.2, 0) is 0 Å². The highest BCUT2D eigenvalue weighted by molar-refractivity contribution is 5.59. The Morgan fingerprint density at radius 1 is 1.20 bits per heavy atom. The molecule has 20 heavy (non-hydrogen) atoms. The zero-order valence-corrected chi connectivity index (χ0v) is 11.9. The van der Waals surface area contributed by atoms with Crippen molar-refractivity contribution >= 4 is 11.5 Å². The number of nitrogens with zero attached hydrogens (tertiary/aromatic N) is 3. The van der Waals surface area contributed by atoms with Gasteiger partial charge in [0.05, 0.1) is 19.5 Å². The molecule has 0 aliphatic rings. The van der Waals surface area contributed by atoms with Gasteiger partial charge in [-0.1, -0.05) is 17.7 Å². The first kappa shape index (κ1) is 14.3. The molecule has 0 bridgehead atoms. The predicted molar refractivity (Wildman–Crippen MR) is 80.4 cm³/mol. The molecule has 1 aromatic carbocycles. The molecule has 0 aliphatic carbocycles. The molecule has 0 spiro atoms. The Bertz CT molecular complexity index is 542. The Morgan fingerprint density at radius 2 is 1.95 bits per heavy atom. The van der Waals surface area contributed by atoms with Crippen LogP contribution in [0.4, 0.5) is 11.5 Å². The zero-order valence-electron chi connectivity index (χ0n) is 11.9. The molecule has 0 aliphatic heterocycles. The van der Waals surface area contributed by atoms with Crippen LogP contribution in [0.3, 0.4) is 0 Å². The van der Waals surface area contributed by atoms with Gasteiger partial charge in [-0.2, -0.15) is 4.98 Å². The number of methoxy groups -OCH3 is 1. The lowest BCUT2D eigenvalue weighted by molar-refractivity contribution is 0.396. The average molecular weight is 272 g/mol. The molecule has 0 amide bonds. The van der Waals surface area contributed by atoms with Gasteiger partial charge in [0, 0.05) is 12.2 Å². The van der Waals surface area contributed by atoms with E-state index in [0.717, 1.165) is 24.5 Å². The van der Waals surface area contributed by atoms with E-state index in [-0.39, 0.29) is 0 Å². The van der Waals surface area contributed by atoms with Crippen LogP contribution in [0.1, 0.15) is 12.0 Å². The SMILES string of the molecule is COc1cncc(N(CCCN)c2ccc(C)cc2)n1. The van der Waals surface area contributed by atoms with E-state index in [9.17, 15) is 0 Å². The Balaban J connectivity index is 2.32. The Hall–Kier alpha value is -2.14. The molecule has 0 unspecified atom stereocenters. The summed E-state index contributed by atoms with van der Waals surface area (Å²) in [5.74, 6) is 1.27. The topological polar surface area (TPSA) is 64.3 Å². The lowest BCUT2D eigenvalue weighted by atomic mass is 10.2. The fourth-order valence-corrected chi connectivity index (χ4v) is 1.92. The first-order valence-corrected chi connectivity index (χ1v) is 6.65. The lowest BCUT2D eigenvalue weighted by Crippen LogP contribution is -2.22. The first-order valence-electron chi connectivity index (χ1n) is 6.65. The Morgan fingerprint density at radius 3 is 2.60 bits per heavy atom. The number of aromatic nitrogens is 2. The molecule has 5 nitrogen and oxygen atoms in total. The summed E-state index contributed by atoms with van der Waals surface area (Å²) in [6.45, 7) is 3.50. The van der Waals surface area contributed by atoms with E-state index in [2.05, 4.69) is 46.1 Å². The number of nitrogens with two attached hydrogens (primary N) is 1. The fraction of sp³-hybridized carbons (Fsp3) is 0.333. The molecule has 0 saturated carbocycles. The van der Waals surface area contributed by atoms with E-state index >= 15 is 0 Å². The predicted octanol–water partition coefficient (Wildman–Crippen LogP) is 2.28. The molecule has 106 valence electrons. The summed E-state index contributed by atoms with van der Waals surface area (Å²) in [5, 5.41) is 0. The van der Waals surface area contributed by atoms with E-state index in [1.165, 1.54) is 5.56 Å². The zero-order chi connectivity index (χ0) is 14.4. The van der Waals surface area contributed by atoms with Crippen molar-refractivity contribution < 1.29 is 4.74 Å². The molecule has 0 atom stereocenters. The van der Waals surface area contributed by atoms with E-state index < -0.39 is 0 Å². The molecule has 1 heterocycles. The van der Waals surface area contributed by atoms with Crippen LogP contribution in [-0.4, -0.2) is 30.2 Å². The van der Waals surface area contributed by atoms with Gasteiger partial charge < -0.3 is 15.4 Å². The van der Waals surface area contributed by atoms with E-state index in [0.29, 0.717) is 12.4 Å². The van der Waals surface area contributed by atoms with E-state index in [1.807, 2.05) is 0 Å². The minimum atomic E-state index is 0.507. The van der Waals surface area contributed by atoms with Gasteiger partial charge in [0.15, 0.2) is 5.82 Å². The summed E-state index contributed by atoms with van der Waals surface area (Å²) in [4.78, 5) is 10.7. The van der Waals surface area contributed by atoms with Gasteiger partial charge in [-0.05, 0) is 32.0 Å². The normalized spacial score (nSPS) is 10.3. The highest BCUT2D eigenvalue weighted by atomic mass is 16.5. The number of benzene rings is 1. The van der Waals surface area contributed by atoms with Crippen molar-refractivity contribution in [2.24, 2.45) is 5.73 Å². The molecule has 2 aromatic rings. The van der Waals surface area contributed by atoms with Crippen molar-refractivity contribution in [2.75, 3.05) is 25.1 Å². The van der Waals surface area contributed by atoms with Gasteiger partial charge in [0.25, 0.3) is 0 Å². The Labute approximate surface area is 119 Å². The maximum Gasteiger partial charge on any atom is 0.234 e. The largest absolute Gasteiger partial charge is 0.480 e. The molecule has 0 fully saturated rings. The molecule has 2 rings (SSSR count). The number of anilines is 2. The monoisotopic (exact) mass is 272 g/mol. The maximum absolute atomic E-state index is 5.63. The molecule has 0 radical (unpaired) electrons. The van der Waals surface area contributed by atoms with Gasteiger partial charge in [-0.15, -0.1) is 0 Å². The number of hydrogen-bond donors (Lipinski definition) is 1. The van der Waals surface area contributed by atoms with Crippen LogP contribution < -0.4 is 15.4 Å². The highest BCUT2D eigenvalue weighted by Crippen LogP contribution is 2.24. The van der Waals surface area contributed by atoms with Crippen LogP contribution in [0.15, 0.2) is 36.7 Å². The Kier molecular flexibility index (Phi) is 4.90. The number of aryl methyl sites for hydroxylation is 1. The second-order valence-corrected chi connectivity index (χ2v) is 4.55. The number of hydrogen-bond acceptors (Lipinski definition) is 5. The lowest BCUT2D eigenvalue weighted by Gasteiger charge is -2.23. The fourth-order valence-electron chi connectivity index (χ4n) is 1.92.